The molecule has 0 saturated carbocycles. The number of ether oxygens (including phenoxy) is 2. The Hall–Kier alpha value is -3.84. The van der Waals surface area contributed by atoms with Gasteiger partial charge in [-0.2, -0.15) is 0 Å². The fraction of sp³-hybridized carbons (Fsp3) is 0.529. The highest BCUT2D eigenvalue weighted by atomic mass is 16.5. The van der Waals surface area contributed by atoms with Gasteiger partial charge in [0, 0.05) is 14.1 Å². The molecule has 2 rings (SSSR count). The van der Waals surface area contributed by atoms with E-state index in [1.807, 2.05) is 0 Å². The Balaban J connectivity index is 2.53. The Labute approximate surface area is 270 Å². The number of amides is 2. The second-order valence-corrected chi connectivity index (χ2v) is 11.7. The Bertz CT molecular complexity index is 1160. The van der Waals surface area contributed by atoms with E-state index in [2.05, 4.69) is 0 Å². The number of aliphatic hydroxyl groups excluding tert-OH is 2. The van der Waals surface area contributed by atoms with Crippen LogP contribution in [-0.2, 0) is 41.9 Å². The molecule has 12 heteroatoms. The molecule has 0 radical (unpaired) electrons. The van der Waals surface area contributed by atoms with Gasteiger partial charge in [-0.15, -0.1) is 0 Å². The highest BCUT2D eigenvalue weighted by molar-refractivity contribution is 5.88. The molecule has 0 aliphatic carbocycles. The Morgan fingerprint density at radius 1 is 0.630 bits per heavy atom. The molecule has 0 spiro atoms. The zero-order chi connectivity index (χ0) is 34.6. The number of likely N-dealkylation sites (N-methyl/N-ethyl adjacent to an activating group) is 2. The van der Waals surface area contributed by atoms with Crippen molar-refractivity contribution in [2.45, 2.75) is 90.2 Å². The highest BCUT2D eigenvalue weighted by Crippen LogP contribution is 2.23. The van der Waals surface area contributed by atoms with Crippen LogP contribution in [0.5, 0.6) is 0 Å². The molecule has 0 aromatic heterocycles. The van der Waals surface area contributed by atoms with Crippen LogP contribution in [0.15, 0.2) is 60.7 Å². The molecule has 12 nitrogen and oxygen atoms in total. The third kappa shape index (κ3) is 10.1. The SMILES string of the molecule is CCC(C)C(C(=O)O)N(C)C(=O)[C@H](OCc1ccccc1)[C@H](O)[C@@H](O)[C@@H](OCc1ccccc1)C(=O)N(C)C(C(=O)O)C(C)CC. The van der Waals surface area contributed by atoms with E-state index >= 15 is 0 Å². The lowest BCUT2D eigenvalue weighted by Crippen LogP contribution is -2.59. The minimum absolute atomic E-state index is 0.186. The smallest absolute Gasteiger partial charge is 0.326 e. The zero-order valence-electron chi connectivity index (χ0n) is 27.4. The molecule has 8 atom stereocenters. The van der Waals surface area contributed by atoms with Crippen molar-refractivity contribution in [3.8, 4) is 0 Å². The van der Waals surface area contributed by atoms with Gasteiger partial charge >= 0.3 is 11.9 Å². The van der Waals surface area contributed by atoms with Crippen LogP contribution in [0.25, 0.3) is 0 Å². The van der Waals surface area contributed by atoms with E-state index in [0.29, 0.717) is 24.0 Å². The fourth-order valence-electron chi connectivity index (χ4n) is 5.21. The highest BCUT2D eigenvalue weighted by Gasteiger charge is 2.46. The molecule has 254 valence electrons. The van der Waals surface area contributed by atoms with Gasteiger partial charge in [0.05, 0.1) is 13.2 Å². The first-order valence-corrected chi connectivity index (χ1v) is 15.4. The van der Waals surface area contributed by atoms with E-state index in [4.69, 9.17) is 9.47 Å². The monoisotopic (exact) mass is 644 g/mol. The molecule has 2 aromatic carbocycles. The summed E-state index contributed by atoms with van der Waals surface area (Å²) < 4.78 is 11.7. The first-order valence-electron chi connectivity index (χ1n) is 15.4. The van der Waals surface area contributed by atoms with Crippen molar-refractivity contribution < 1.29 is 49.1 Å². The van der Waals surface area contributed by atoms with Gasteiger partial charge in [0.2, 0.25) is 0 Å². The molecule has 0 fully saturated rings. The van der Waals surface area contributed by atoms with Gasteiger partial charge in [-0.05, 0) is 23.0 Å². The summed E-state index contributed by atoms with van der Waals surface area (Å²) in [6, 6.07) is 14.9. The lowest BCUT2D eigenvalue weighted by Gasteiger charge is -2.37. The number of carbonyl (C=O) groups is 4. The summed E-state index contributed by atoms with van der Waals surface area (Å²) in [6.45, 7) is 6.53. The van der Waals surface area contributed by atoms with Crippen LogP contribution in [0.1, 0.15) is 51.7 Å². The largest absolute Gasteiger partial charge is 0.480 e. The van der Waals surface area contributed by atoms with Crippen LogP contribution in [0, 0.1) is 11.8 Å². The van der Waals surface area contributed by atoms with Crippen molar-refractivity contribution in [3.63, 3.8) is 0 Å². The number of aliphatic hydroxyl groups is 2. The van der Waals surface area contributed by atoms with Crippen LogP contribution in [0.2, 0.25) is 0 Å². The van der Waals surface area contributed by atoms with E-state index in [1.54, 1.807) is 88.4 Å². The van der Waals surface area contributed by atoms with Gasteiger partial charge < -0.3 is 39.7 Å². The van der Waals surface area contributed by atoms with Gasteiger partial charge in [-0.25, -0.2) is 9.59 Å². The minimum Gasteiger partial charge on any atom is -0.480 e. The van der Waals surface area contributed by atoms with Crippen LogP contribution in [-0.4, -0.2) is 105 Å². The van der Waals surface area contributed by atoms with Crippen LogP contribution in [0.4, 0.5) is 0 Å². The summed E-state index contributed by atoms with van der Waals surface area (Å²) in [4.78, 5) is 54.0. The van der Waals surface area contributed by atoms with Gasteiger partial charge in [-0.1, -0.05) is 101 Å². The summed E-state index contributed by atoms with van der Waals surface area (Å²) in [5.74, 6) is -5.30. The number of hydrogen-bond acceptors (Lipinski definition) is 8. The van der Waals surface area contributed by atoms with Crippen LogP contribution >= 0.6 is 0 Å². The van der Waals surface area contributed by atoms with Crippen molar-refractivity contribution in [1.29, 1.82) is 0 Å². The summed E-state index contributed by atoms with van der Waals surface area (Å²) in [6.07, 6.45) is -6.95. The van der Waals surface area contributed by atoms with Gasteiger partial charge in [0.25, 0.3) is 11.8 Å². The molecule has 0 aliphatic rings. The summed E-state index contributed by atoms with van der Waals surface area (Å²) in [7, 11) is 2.55. The number of carbonyl (C=O) groups excluding carboxylic acids is 2. The lowest BCUT2D eigenvalue weighted by molar-refractivity contribution is -0.183. The van der Waals surface area contributed by atoms with Gasteiger partial charge in [-0.3, -0.25) is 9.59 Å². The van der Waals surface area contributed by atoms with Crippen molar-refractivity contribution >= 4 is 23.8 Å². The predicted molar refractivity (Wildman–Crippen MR) is 169 cm³/mol. The summed E-state index contributed by atoms with van der Waals surface area (Å²) in [5.41, 5.74) is 1.26. The Morgan fingerprint density at radius 3 is 1.20 bits per heavy atom. The molecule has 2 amide bonds. The minimum atomic E-state index is -2.09. The molecule has 0 bridgehead atoms. The molecule has 2 aromatic rings. The van der Waals surface area contributed by atoms with E-state index < -0.39 is 72.1 Å². The number of carboxylic acid groups (broad SMARTS) is 2. The van der Waals surface area contributed by atoms with Crippen molar-refractivity contribution in [2.24, 2.45) is 11.8 Å². The first kappa shape index (κ1) is 38.3. The maximum atomic E-state index is 13.9. The van der Waals surface area contributed by atoms with Gasteiger partial charge in [0.15, 0.2) is 12.2 Å². The van der Waals surface area contributed by atoms with E-state index in [0.717, 1.165) is 9.80 Å². The second-order valence-electron chi connectivity index (χ2n) is 11.7. The molecule has 4 unspecified atom stereocenters. The van der Waals surface area contributed by atoms with Crippen LogP contribution < -0.4 is 0 Å². The Kier molecular flexibility index (Phi) is 15.3. The molecule has 4 N–H and O–H groups in total. The number of hydrogen-bond donors (Lipinski definition) is 4. The van der Waals surface area contributed by atoms with Crippen molar-refractivity contribution in [1.82, 2.24) is 9.80 Å². The number of carboxylic acids is 2. The third-order valence-corrected chi connectivity index (χ3v) is 8.40. The van der Waals surface area contributed by atoms with Crippen LogP contribution in [0.3, 0.4) is 0 Å². The fourth-order valence-corrected chi connectivity index (χ4v) is 5.21. The molecule has 46 heavy (non-hydrogen) atoms. The van der Waals surface area contributed by atoms with E-state index in [-0.39, 0.29) is 13.2 Å². The van der Waals surface area contributed by atoms with Crippen molar-refractivity contribution in [3.05, 3.63) is 71.8 Å². The molecular formula is C34H48N2O10. The lowest BCUT2D eigenvalue weighted by atomic mass is 9.94. The van der Waals surface area contributed by atoms with Gasteiger partial charge in [0.1, 0.15) is 24.3 Å². The number of nitrogens with zero attached hydrogens (tertiary/aromatic N) is 2. The first-order chi connectivity index (χ1) is 21.8. The molecule has 0 aliphatic heterocycles. The normalized spacial score (nSPS) is 16.6. The van der Waals surface area contributed by atoms with Crippen molar-refractivity contribution in [2.75, 3.05) is 14.1 Å². The third-order valence-electron chi connectivity index (χ3n) is 8.40. The average Bonchev–Trinajstić information content (AvgIpc) is 3.04. The average molecular weight is 645 g/mol. The maximum absolute atomic E-state index is 13.9. The zero-order valence-corrected chi connectivity index (χ0v) is 27.4. The number of rotatable bonds is 19. The maximum Gasteiger partial charge on any atom is 0.326 e. The standard InChI is InChI=1S/C34H48N2O10/c1-7-21(3)25(33(41)42)35(5)31(39)29(45-19-23-15-11-9-12-16-23)27(37)28(38)30(46-20-24-17-13-10-14-18-24)32(40)36(6)26(34(43)44)22(4)8-2/h9-18,21-22,25-30,37-38H,7-8,19-20H2,1-6H3,(H,41,42)(H,43,44)/t21?,22?,25?,26?,27-,28-,29-,30-/m1/s1. The quantitative estimate of drug-likeness (QED) is 0.178. The van der Waals surface area contributed by atoms with E-state index in [1.165, 1.54) is 14.1 Å². The Morgan fingerprint density at radius 2 is 0.935 bits per heavy atom. The molecular weight excluding hydrogens is 596 g/mol. The summed E-state index contributed by atoms with van der Waals surface area (Å²) in [5, 5.41) is 43.0. The number of benzene rings is 2. The second kappa shape index (κ2) is 18.3. The predicted octanol–water partition coefficient (Wildman–Crippen LogP) is 2.79. The topological polar surface area (TPSA) is 174 Å². The summed E-state index contributed by atoms with van der Waals surface area (Å²) >= 11 is 0. The molecule has 0 heterocycles. The van der Waals surface area contributed by atoms with E-state index in [9.17, 15) is 39.6 Å². The molecule has 0 saturated heterocycles. The number of aliphatic carboxylic acids is 2.